The third kappa shape index (κ3) is 5.30. The molecule has 0 unspecified atom stereocenters. The Morgan fingerprint density at radius 3 is 2.34 bits per heavy atom. The van der Waals surface area contributed by atoms with Gasteiger partial charge in [-0.15, -0.1) is 0 Å². The minimum Gasteiger partial charge on any atom is -0.299 e. The highest BCUT2D eigenvalue weighted by Crippen LogP contribution is 2.21. The zero-order valence-corrected chi connectivity index (χ0v) is 16.6. The Morgan fingerprint density at radius 1 is 0.966 bits per heavy atom. The molecule has 2 amide bonds. The standard InChI is InChI=1S/C23H20ClN3O2/c1-17-9-5-8-14-21(17)27(23(29)18-10-3-2-4-11-18)16-22(28)26-25-15-19-12-6-7-13-20(19)24/h2-15H,16H2,1H3,(H,26,28)/b25-15+. The summed E-state index contributed by atoms with van der Waals surface area (Å²) in [6.07, 6.45) is 1.47. The summed E-state index contributed by atoms with van der Waals surface area (Å²) in [7, 11) is 0. The van der Waals surface area contributed by atoms with Gasteiger partial charge in [0.15, 0.2) is 0 Å². The summed E-state index contributed by atoms with van der Waals surface area (Å²) >= 11 is 6.07. The zero-order valence-electron chi connectivity index (χ0n) is 15.9. The van der Waals surface area contributed by atoms with E-state index in [0.29, 0.717) is 21.8 Å². The lowest BCUT2D eigenvalue weighted by molar-refractivity contribution is -0.119. The Bertz CT molecular complexity index is 1040. The second kappa shape index (κ2) is 9.66. The number of para-hydroxylation sites is 1. The van der Waals surface area contributed by atoms with Gasteiger partial charge in [0, 0.05) is 21.8 Å². The van der Waals surface area contributed by atoms with Crippen molar-refractivity contribution in [3.63, 3.8) is 0 Å². The van der Waals surface area contributed by atoms with Crippen molar-refractivity contribution in [2.45, 2.75) is 6.92 Å². The van der Waals surface area contributed by atoms with Gasteiger partial charge in [-0.25, -0.2) is 5.43 Å². The number of anilines is 1. The SMILES string of the molecule is Cc1ccccc1N(CC(=O)N/N=C/c1ccccc1Cl)C(=O)c1ccccc1. The van der Waals surface area contributed by atoms with Crippen molar-refractivity contribution in [1.82, 2.24) is 5.43 Å². The van der Waals surface area contributed by atoms with Crippen molar-refractivity contribution in [3.8, 4) is 0 Å². The molecule has 0 saturated heterocycles. The average molecular weight is 406 g/mol. The highest BCUT2D eigenvalue weighted by Gasteiger charge is 2.21. The maximum atomic E-state index is 13.1. The monoisotopic (exact) mass is 405 g/mol. The average Bonchev–Trinajstić information content (AvgIpc) is 2.74. The Balaban J connectivity index is 1.78. The molecular formula is C23H20ClN3O2. The van der Waals surface area contributed by atoms with E-state index in [-0.39, 0.29) is 12.5 Å². The van der Waals surface area contributed by atoms with E-state index in [2.05, 4.69) is 10.5 Å². The van der Waals surface area contributed by atoms with Crippen molar-refractivity contribution >= 4 is 35.3 Å². The molecule has 6 heteroatoms. The minimum atomic E-state index is -0.416. The fourth-order valence-corrected chi connectivity index (χ4v) is 2.99. The maximum absolute atomic E-state index is 13.1. The van der Waals surface area contributed by atoms with E-state index < -0.39 is 5.91 Å². The lowest BCUT2D eigenvalue weighted by Crippen LogP contribution is -2.40. The van der Waals surface area contributed by atoms with Gasteiger partial charge in [0.1, 0.15) is 6.54 Å². The van der Waals surface area contributed by atoms with Crippen LogP contribution in [-0.4, -0.2) is 24.6 Å². The van der Waals surface area contributed by atoms with Crippen molar-refractivity contribution < 1.29 is 9.59 Å². The number of aryl methyl sites for hydroxylation is 1. The van der Waals surface area contributed by atoms with E-state index in [1.807, 2.05) is 49.4 Å². The molecule has 0 atom stereocenters. The highest BCUT2D eigenvalue weighted by atomic mass is 35.5. The van der Waals surface area contributed by atoms with Gasteiger partial charge in [0.2, 0.25) is 0 Å². The molecule has 29 heavy (non-hydrogen) atoms. The van der Waals surface area contributed by atoms with E-state index >= 15 is 0 Å². The number of nitrogens with zero attached hydrogens (tertiary/aromatic N) is 2. The van der Waals surface area contributed by atoms with Crippen LogP contribution in [0.25, 0.3) is 0 Å². The van der Waals surface area contributed by atoms with Crippen LogP contribution in [0.5, 0.6) is 0 Å². The predicted octanol–water partition coefficient (Wildman–Crippen LogP) is 4.45. The van der Waals surface area contributed by atoms with Crippen LogP contribution in [0, 0.1) is 6.92 Å². The van der Waals surface area contributed by atoms with E-state index in [9.17, 15) is 9.59 Å². The van der Waals surface area contributed by atoms with Gasteiger partial charge in [-0.2, -0.15) is 5.10 Å². The number of benzene rings is 3. The molecule has 0 aliphatic carbocycles. The zero-order chi connectivity index (χ0) is 20.6. The number of hydrogen-bond donors (Lipinski definition) is 1. The lowest BCUT2D eigenvalue weighted by Gasteiger charge is -2.23. The molecule has 0 aliphatic rings. The van der Waals surface area contributed by atoms with Crippen LogP contribution in [0.2, 0.25) is 5.02 Å². The second-order valence-corrected chi connectivity index (χ2v) is 6.77. The van der Waals surface area contributed by atoms with Crippen molar-refractivity contribution in [3.05, 3.63) is 101 Å². The molecule has 0 heterocycles. The fraction of sp³-hybridized carbons (Fsp3) is 0.0870. The predicted molar refractivity (Wildman–Crippen MR) is 116 cm³/mol. The maximum Gasteiger partial charge on any atom is 0.260 e. The van der Waals surface area contributed by atoms with Gasteiger partial charge in [-0.1, -0.05) is 66.2 Å². The molecule has 0 spiro atoms. The minimum absolute atomic E-state index is 0.168. The Kier molecular flexibility index (Phi) is 6.76. The summed E-state index contributed by atoms with van der Waals surface area (Å²) in [6.45, 7) is 1.73. The molecule has 3 rings (SSSR count). The van der Waals surface area contributed by atoms with Gasteiger partial charge in [0.25, 0.3) is 11.8 Å². The molecule has 0 aliphatic heterocycles. The first-order valence-corrected chi connectivity index (χ1v) is 9.43. The van der Waals surface area contributed by atoms with Crippen LogP contribution in [-0.2, 0) is 4.79 Å². The summed E-state index contributed by atoms with van der Waals surface area (Å²) in [4.78, 5) is 27.0. The number of amides is 2. The molecule has 3 aromatic carbocycles. The smallest absolute Gasteiger partial charge is 0.260 e. The molecule has 5 nitrogen and oxygen atoms in total. The quantitative estimate of drug-likeness (QED) is 0.486. The Labute approximate surface area is 174 Å². The largest absolute Gasteiger partial charge is 0.299 e. The summed E-state index contributed by atoms with van der Waals surface area (Å²) in [5.41, 5.74) is 5.22. The summed E-state index contributed by atoms with van der Waals surface area (Å²) in [5.74, 6) is -0.675. The number of hydrazone groups is 1. The number of hydrogen-bond acceptors (Lipinski definition) is 3. The number of carbonyl (C=O) groups is 2. The first-order chi connectivity index (χ1) is 14.1. The summed E-state index contributed by atoms with van der Waals surface area (Å²) in [6, 6.07) is 23.5. The normalized spacial score (nSPS) is 10.7. The number of halogens is 1. The lowest BCUT2D eigenvalue weighted by atomic mass is 10.1. The molecule has 0 aromatic heterocycles. The first-order valence-electron chi connectivity index (χ1n) is 9.05. The molecule has 0 bridgehead atoms. The van der Waals surface area contributed by atoms with Crippen molar-refractivity contribution in [2.24, 2.45) is 5.10 Å². The van der Waals surface area contributed by atoms with Crippen molar-refractivity contribution in [1.29, 1.82) is 0 Å². The number of rotatable bonds is 6. The third-order valence-corrected chi connectivity index (χ3v) is 4.62. The number of carbonyl (C=O) groups excluding carboxylic acids is 2. The van der Waals surface area contributed by atoms with Gasteiger partial charge >= 0.3 is 0 Å². The van der Waals surface area contributed by atoms with Crippen LogP contribution in [0.4, 0.5) is 5.69 Å². The number of nitrogens with one attached hydrogen (secondary N) is 1. The Hall–Kier alpha value is -3.44. The molecule has 146 valence electrons. The van der Waals surface area contributed by atoms with E-state index in [1.165, 1.54) is 11.1 Å². The van der Waals surface area contributed by atoms with Crippen LogP contribution in [0.15, 0.2) is 84.0 Å². The van der Waals surface area contributed by atoms with Crippen LogP contribution in [0.1, 0.15) is 21.5 Å². The van der Waals surface area contributed by atoms with Crippen LogP contribution in [0.3, 0.4) is 0 Å². The van der Waals surface area contributed by atoms with Gasteiger partial charge in [-0.05, 0) is 36.8 Å². The molecule has 0 radical (unpaired) electrons. The second-order valence-electron chi connectivity index (χ2n) is 6.36. The van der Waals surface area contributed by atoms with Crippen molar-refractivity contribution in [2.75, 3.05) is 11.4 Å². The van der Waals surface area contributed by atoms with Gasteiger partial charge < -0.3 is 0 Å². The summed E-state index contributed by atoms with van der Waals surface area (Å²) in [5, 5.41) is 4.49. The molecule has 3 aromatic rings. The third-order valence-electron chi connectivity index (χ3n) is 4.27. The van der Waals surface area contributed by atoms with E-state index in [0.717, 1.165) is 5.56 Å². The van der Waals surface area contributed by atoms with Crippen LogP contribution < -0.4 is 10.3 Å². The van der Waals surface area contributed by atoms with E-state index in [1.54, 1.807) is 36.4 Å². The fourth-order valence-electron chi connectivity index (χ4n) is 2.80. The Morgan fingerprint density at radius 2 is 1.62 bits per heavy atom. The van der Waals surface area contributed by atoms with Gasteiger partial charge in [-0.3, -0.25) is 14.5 Å². The molecule has 0 fully saturated rings. The van der Waals surface area contributed by atoms with E-state index in [4.69, 9.17) is 11.6 Å². The summed E-state index contributed by atoms with van der Waals surface area (Å²) < 4.78 is 0. The topological polar surface area (TPSA) is 61.8 Å². The molecule has 1 N–H and O–H groups in total. The van der Waals surface area contributed by atoms with Crippen LogP contribution >= 0.6 is 11.6 Å². The van der Waals surface area contributed by atoms with Gasteiger partial charge in [0.05, 0.1) is 6.21 Å². The highest BCUT2D eigenvalue weighted by molar-refractivity contribution is 6.33. The molecule has 0 saturated carbocycles. The molecular weight excluding hydrogens is 386 g/mol. The first kappa shape index (κ1) is 20.3.